The van der Waals surface area contributed by atoms with E-state index in [-0.39, 0.29) is 11.5 Å². The van der Waals surface area contributed by atoms with Crippen LogP contribution in [0.2, 0.25) is 0 Å². The van der Waals surface area contributed by atoms with Gasteiger partial charge in [-0.15, -0.1) is 0 Å². The summed E-state index contributed by atoms with van der Waals surface area (Å²) in [5, 5.41) is 0. The number of hydrogen-bond donors (Lipinski definition) is 0. The molecule has 0 aromatic carbocycles. The Balaban J connectivity index is 2.21. The maximum Gasteiger partial charge on any atom is 0.281 e. The van der Waals surface area contributed by atoms with Crippen molar-refractivity contribution in [2.24, 2.45) is 5.41 Å². The van der Waals surface area contributed by atoms with Crippen LogP contribution in [-0.4, -0.2) is 70.6 Å². The number of nitrogens with zero attached hydrogens (tertiary/aromatic N) is 2. The van der Waals surface area contributed by atoms with Gasteiger partial charge < -0.3 is 9.47 Å². The molecule has 0 unspecified atom stereocenters. The number of hydrogen-bond acceptors (Lipinski definition) is 4. The van der Waals surface area contributed by atoms with Gasteiger partial charge in [-0.25, -0.2) is 0 Å². The highest BCUT2D eigenvalue weighted by molar-refractivity contribution is 7.86. The molecule has 2 heterocycles. The van der Waals surface area contributed by atoms with E-state index >= 15 is 0 Å². The van der Waals surface area contributed by atoms with E-state index in [1.165, 1.54) is 4.31 Å². The van der Waals surface area contributed by atoms with E-state index in [1.807, 2.05) is 0 Å². The maximum absolute atomic E-state index is 12.3. The Kier molecular flexibility index (Phi) is 4.52. The first-order valence-electron chi connectivity index (χ1n) is 6.70. The first kappa shape index (κ1) is 15.2. The van der Waals surface area contributed by atoms with Crippen LogP contribution in [0.4, 0.5) is 0 Å². The molecular formula is C12H24N2O4S. The molecule has 0 aliphatic carbocycles. The molecule has 6 nitrogen and oxygen atoms in total. The van der Waals surface area contributed by atoms with Gasteiger partial charge in [0.15, 0.2) is 0 Å². The summed E-state index contributed by atoms with van der Waals surface area (Å²) < 4.78 is 38.6. The second-order valence-electron chi connectivity index (χ2n) is 5.67. The van der Waals surface area contributed by atoms with Gasteiger partial charge in [0, 0.05) is 46.3 Å². The number of methoxy groups -OCH3 is 1. The summed E-state index contributed by atoms with van der Waals surface area (Å²) in [6, 6.07) is 0. The molecule has 2 aliphatic heterocycles. The second-order valence-corrected chi connectivity index (χ2v) is 7.81. The molecule has 0 radical (unpaired) electrons. The monoisotopic (exact) mass is 292 g/mol. The van der Waals surface area contributed by atoms with Crippen LogP contribution in [0.1, 0.15) is 19.3 Å². The standard InChI is InChI=1S/C12H24N2O4S/c1-13(2)19(15,16)14-7-5-11-12(9-14,10-17-3)6-4-8-18-11/h11H,4-10H2,1-3H3/t11-,12+/m0/s1. The predicted molar refractivity (Wildman–Crippen MR) is 72.1 cm³/mol. The van der Waals surface area contributed by atoms with Crippen molar-refractivity contribution in [3.8, 4) is 0 Å². The predicted octanol–water partition coefficient (Wildman–Crippen LogP) is 0.310. The van der Waals surface area contributed by atoms with Gasteiger partial charge in [-0.05, 0) is 19.3 Å². The second kappa shape index (κ2) is 5.65. The highest BCUT2D eigenvalue weighted by Gasteiger charge is 2.48. The number of ether oxygens (including phenoxy) is 2. The minimum absolute atomic E-state index is 0.120. The Labute approximate surface area is 115 Å². The topological polar surface area (TPSA) is 59.1 Å². The van der Waals surface area contributed by atoms with Crippen molar-refractivity contribution in [2.45, 2.75) is 25.4 Å². The van der Waals surface area contributed by atoms with Crippen molar-refractivity contribution >= 4 is 10.2 Å². The summed E-state index contributed by atoms with van der Waals surface area (Å²) in [6.45, 7) is 2.34. The first-order valence-corrected chi connectivity index (χ1v) is 8.10. The third kappa shape index (κ3) is 2.80. The van der Waals surface area contributed by atoms with Crippen molar-refractivity contribution in [3.05, 3.63) is 0 Å². The van der Waals surface area contributed by atoms with Crippen LogP contribution in [0, 0.1) is 5.41 Å². The number of rotatable bonds is 4. The highest BCUT2D eigenvalue weighted by atomic mass is 32.2. The summed E-state index contributed by atoms with van der Waals surface area (Å²) in [5.41, 5.74) is -0.186. The average Bonchev–Trinajstić information content (AvgIpc) is 2.38. The van der Waals surface area contributed by atoms with Gasteiger partial charge in [-0.2, -0.15) is 17.0 Å². The van der Waals surface area contributed by atoms with E-state index < -0.39 is 10.2 Å². The van der Waals surface area contributed by atoms with Gasteiger partial charge in [0.1, 0.15) is 0 Å². The molecular weight excluding hydrogens is 268 g/mol. The molecule has 2 atom stereocenters. The molecule has 0 bridgehead atoms. The Bertz CT molecular complexity index is 408. The molecule has 2 aliphatic rings. The van der Waals surface area contributed by atoms with Crippen molar-refractivity contribution < 1.29 is 17.9 Å². The summed E-state index contributed by atoms with van der Waals surface area (Å²) in [4.78, 5) is 0. The van der Waals surface area contributed by atoms with E-state index in [4.69, 9.17) is 9.47 Å². The van der Waals surface area contributed by atoms with E-state index in [9.17, 15) is 8.42 Å². The molecule has 112 valence electrons. The van der Waals surface area contributed by atoms with Crippen LogP contribution in [0.15, 0.2) is 0 Å². The molecule has 0 amide bonds. The lowest BCUT2D eigenvalue weighted by atomic mass is 9.73. The third-order valence-corrected chi connectivity index (χ3v) is 6.06. The number of piperidine rings is 1. The zero-order valence-corrected chi connectivity index (χ0v) is 12.8. The highest BCUT2D eigenvalue weighted by Crippen LogP contribution is 2.41. The summed E-state index contributed by atoms with van der Waals surface area (Å²) in [6.07, 6.45) is 2.80. The lowest BCUT2D eigenvalue weighted by Gasteiger charge is -2.49. The molecule has 2 rings (SSSR count). The van der Waals surface area contributed by atoms with Crippen molar-refractivity contribution in [1.82, 2.24) is 8.61 Å². The minimum Gasteiger partial charge on any atom is -0.384 e. The summed E-state index contributed by atoms with van der Waals surface area (Å²) in [7, 11) is 1.46. The molecule has 2 fully saturated rings. The van der Waals surface area contributed by atoms with E-state index in [1.54, 1.807) is 25.5 Å². The lowest BCUT2D eigenvalue weighted by Crippen LogP contribution is -2.59. The fraction of sp³-hybridized carbons (Fsp3) is 1.00. The van der Waals surface area contributed by atoms with Crippen molar-refractivity contribution in [2.75, 3.05) is 47.5 Å². The van der Waals surface area contributed by atoms with Gasteiger partial charge in [0.25, 0.3) is 10.2 Å². The van der Waals surface area contributed by atoms with Gasteiger partial charge in [-0.3, -0.25) is 0 Å². The van der Waals surface area contributed by atoms with Crippen LogP contribution in [0.3, 0.4) is 0 Å². The fourth-order valence-corrected chi connectivity index (χ4v) is 4.39. The third-order valence-electron chi connectivity index (χ3n) is 4.17. The van der Waals surface area contributed by atoms with Crippen LogP contribution >= 0.6 is 0 Å². The zero-order valence-electron chi connectivity index (χ0n) is 12.0. The smallest absolute Gasteiger partial charge is 0.281 e. The lowest BCUT2D eigenvalue weighted by molar-refractivity contribution is -0.137. The largest absolute Gasteiger partial charge is 0.384 e. The van der Waals surface area contributed by atoms with Gasteiger partial charge in [-0.1, -0.05) is 0 Å². The molecule has 2 saturated heterocycles. The molecule has 0 N–H and O–H groups in total. The quantitative estimate of drug-likeness (QED) is 0.748. The van der Waals surface area contributed by atoms with Gasteiger partial charge in [0.05, 0.1) is 12.7 Å². The molecule has 0 aromatic rings. The van der Waals surface area contributed by atoms with Crippen LogP contribution in [0.25, 0.3) is 0 Å². The Morgan fingerprint density at radius 2 is 2.21 bits per heavy atom. The Morgan fingerprint density at radius 1 is 1.47 bits per heavy atom. The van der Waals surface area contributed by atoms with Gasteiger partial charge >= 0.3 is 0 Å². The molecule has 19 heavy (non-hydrogen) atoms. The summed E-state index contributed by atoms with van der Waals surface area (Å²) in [5.74, 6) is 0. The maximum atomic E-state index is 12.3. The van der Waals surface area contributed by atoms with Crippen molar-refractivity contribution in [1.29, 1.82) is 0 Å². The van der Waals surface area contributed by atoms with E-state index in [0.717, 1.165) is 25.9 Å². The van der Waals surface area contributed by atoms with Crippen LogP contribution in [-0.2, 0) is 19.7 Å². The number of fused-ring (bicyclic) bond motifs is 1. The van der Waals surface area contributed by atoms with Gasteiger partial charge in [0.2, 0.25) is 0 Å². The Morgan fingerprint density at radius 3 is 2.84 bits per heavy atom. The van der Waals surface area contributed by atoms with Crippen LogP contribution < -0.4 is 0 Å². The van der Waals surface area contributed by atoms with E-state index in [0.29, 0.717) is 19.7 Å². The Hall–Kier alpha value is -0.210. The average molecular weight is 292 g/mol. The van der Waals surface area contributed by atoms with E-state index in [2.05, 4.69) is 0 Å². The molecule has 0 aromatic heterocycles. The van der Waals surface area contributed by atoms with Crippen molar-refractivity contribution in [3.63, 3.8) is 0 Å². The normalized spacial score (nSPS) is 33.4. The molecule has 0 spiro atoms. The zero-order chi connectivity index (χ0) is 14.1. The molecule has 0 saturated carbocycles. The SMILES string of the molecule is COC[C@]12CCCO[C@H]1CCN(S(=O)(=O)N(C)C)C2. The van der Waals surface area contributed by atoms with Crippen LogP contribution in [0.5, 0.6) is 0 Å². The minimum atomic E-state index is -3.35. The fourth-order valence-electron chi connectivity index (χ4n) is 3.18. The first-order chi connectivity index (χ1) is 8.92. The molecule has 7 heteroatoms. The summed E-state index contributed by atoms with van der Waals surface area (Å²) >= 11 is 0.